The van der Waals surface area contributed by atoms with Gasteiger partial charge in [0.2, 0.25) is 0 Å². The van der Waals surface area contributed by atoms with Gasteiger partial charge in [-0.2, -0.15) is 0 Å². The predicted molar refractivity (Wildman–Crippen MR) is 91.3 cm³/mol. The SMILES string of the molecule is CC(C)NCc1ccccc1CN1CCCC(C)(C)CC1. The highest BCUT2D eigenvalue weighted by molar-refractivity contribution is 5.27. The molecule has 1 N–H and O–H groups in total. The lowest BCUT2D eigenvalue weighted by molar-refractivity contribution is 0.255. The molecule has 21 heavy (non-hydrogen) atoms. The molecule has 2 nitrogen and oxygen atoms in total. The molecule has 0 aliphatic carbocycles. The first-order valence-corrected chi connectivity index (χ1v) is 8.49. The quantitative estimate of drug-likeness (QED) is 0.873. The summed E-state index contributed by atoms with van der Waals surface area (Å²) in [6.45, 7) is 13.8. The van der Waals surface area contributed by atoms with Crippen molar-refractivity contribution in [3.63, 3.8) is 0 Å². The minimum atomic E-state index is 0.521. The van der Waals surface area contributed by atoms with Crippen molar-refractivity contribution < 1.29 is 0 Å². The van der Waals surface area contributed by atoms with E-state index in [9.17, 15) is 0 Å². The van der Waals surface area contributed by atoms with Gasteiger partial charge < -0.3 is 5.32 Å². The molecule has 2 heteroatoms. The van der Waals surface area contributed by atoms with Crippen LogP contribution in [0.3, 0.4) is 0 Å². The molecule has 1 aliphatic heterocycles. The fourth-order valence-electron chi connectivity index (χ4n) is 3.08. The molecule has 0 bridgehead atoms. The van der Waals surface area contributed by atoms with Crippen LogP contribution in [0.25, 0.3) is 0 Å². The number of benzene rings is 1. The van der Waals surface area contributed by atoms with E-state index in [1.165, 1.54) is 43.5 Å². The summed E-state index contributed by atoms with van der Waals surface area (Å²) in [7, 11) is 0. The summed E-state index contributed by atoms with van der Waals surface area (Å²) in [6, 6.07) is 9.44. The van der Waals surface area contributed by atoms with Gasteiger partial charge in [-0.1, -0.05) is 52.0 Å². The first-order chi connectivity index (χ1) is 9.96. The third-order valence-electron chi connectivity index (χ3n) is 4.65. The largest absolute Gasteiger partial charge is 0.310 e. The van der Waals surface area contributed by atoms with Crippen LogP contribution < -0.4 is 5.32 Å². The van der Waals surface area contributed by atoms with Gasteiger partial charge in [0.25, 0.3) is 0 Å². The van der Waals surface area contributed by atoms with Crippen molar-refractivity contribution in [1.82, 2.24) is 10.2 Å². The van der Waals surface area contributed by atoms with Crippen LogP contribution in [0.5, 0.6) is 0 Å². The van der Waals surface area contributed by atoms with E-state index in [-0.39, 0.29) is 0 Å². The number of likely N-dealkylation sites (tertiary alicyclic amines) is 1. The van der Waals surface area contributed by atoms with Gasteiger partial charge in [-0.3, -0.25) is 4.90 Å². The molecule has 118 valence electrons. The summed E-state index contributed by atoms with van der Waals surface area (Å²) in [5.74, 6) is 0. The van der Waals surface area contributed by atoms with E-state index in [4.69, 9.17) is 0 Å². The minimum Gasteiger partial charge on any atom is -0.310 e. The standard InChI is InChI=1S/C19H32N2/c1-16(2)20-14-17-8-5-6-9-18(17)15-21-12-7-10-19(3,4)11-13-21/h5-6,8-9,16,20H,7,10-15H2,1-4H3. The molecule has 0 spiro atoms. The Morgan fingerprint density at radius 1 is 1.10 bits per heavy atom. The van der Waals surface area contributed by atoms with Gasteiger partial charge in [0.05, 0.1) is 0 Å². The topological polar surface area (TPSA) is 15.3 Å². The molecule has 0 amide bonds. The Bertz CT molecular complexity index is 437. The molecular weight excluding hydrogens is 256 g/mol. The molecule has 1 fully saturated rings. The monoisotopic (exact) mass is 288 g/mol. The van der Waals surface area contributed by atoms with Crippen molar-refractivity contribution in [1.29, 1.82) is 0 Å². The van der Waals surface area contributed by atoms with Crippen LogP contribution in [0.4, 0.5) is 0 Å². The molecule has 1 aromatic rings. The van der Waals surface area contributed by atoms with Crippen LogP contribution in [0, 0.1) is 5.41 Å². The van der Waals surface area contributed by atoms with Gasteiger partial charge in [0, 0.05) is 19.1 Å². The maximum atomic E-state index is 3.55. The Kier molecular flexibility index (Phi) is 5.83. The first-order valence-electron chi connectivity index (χ1n) is 8.49. The number of hydrogen-bond donors (Lipinski definition) is 1. The molecule has 0 radical (unpaired) electrons. The van der Waals surface area contributed by atoms with E-state index in [0.717, 1.165) is 13.1 Å². The third-order valence-corrected chi connectivity index (χ3v) is 4.65. The zero-order valence-corrected chi connectivity index (χ0v) is 14.3. The molecule has 0 aromatic heterocycles. The second kappa shape index (κ2) is 7.42. The van der Waals surface area contributed by atoms with Gasteiger partial charge in [-0.25, -0.2) is 0 Å². The summed E-state index contributed by atoms with van der Waals surface area (Å²) in [4.78, 5) is 2.64. The molecular formula is C19H32N2. The summed E-state index contributed by atoms with van der Waals surface area (Å²) in [5, 5.41) is 3.55. The maximum Gasteiger partial charge on any atom is 0.0236 e. The number of nitrogens with one attached hydrogen (secondary N) is 1. The zero-order valence-electron chi connectivity index (χ0n) is 14.3. The summed E-state index contributed by atoms with van der Waals surface area (Å²) < 4.78 is 0. The highest BCUT2D eigenvalue weighted by Crippen LogP contribution is 2.30. The number of hydrogen-bond acceptors (Lipinski definition) is 2. The summed E-state index contributed by atoms with van der Waals surface area (Å²) in [6.07, 6.45) is 4.01. The Balaban J connectivity index is 1.98. The predicted octanol–water partition coefficient (Wildman–Crippen LogP) is 4.20. The van der Waals surface area contributed by atoms with E-state index in [1.807, 2.05) is 0 Å². The van der Waals surface area contributed by atoms with Crippen LogP contribution in [-0.2, 0) is 13.1 Å². The van der Waals surface area contributed by atoms with Gasteiger partial charge in [0.1, 0.15) is 0 Å². The van der Waals surface area contributed by atoms with Crippen molar-refractivity contribution in [2.75, 3.05) is 13.1 Å². The van der Waals surface area contributed by atoms with Crippen molar-refractivity contribution in [2.24, 2.45) is 5.41 Å². The Labute approximate surface area is 130 Å². The van der Waals surface area contributed by atoms with Crippen molar-refractivity contribution in [2.45, 2.75) is 66.1 Å². The van der Waals surface area contributed by atoms with Crippen molar-refractivity contribution >= 4 is 0 Å². The van der Waals surface area contributed by atoms with Gasteiger partial charge in [0.15, 0.2) is 0 Å². The van der Waals surface area contributed by atoms with E-state index in [1.54, 1.807) is 0 Å². The number of nitrogens with zero attached hydrogens (tertiary/aromatic N) is 1. The lowest BCUT2D eigenvalue weighted by Crippen LogP contribution is -2.27. The number of rotatable bonds is 5. The third kappa shape index (κ3) is 5.44. The zero-order chi connectivity index (χ0) is 15.3. The second-order valence-electron chi connectivity index (χ2n) is 7.60. The van der Waals surface area contributed by atoms with E-state index in [0.29, 0.717) is 11.5 Å². The van der Waals surface area contributed by atoms with Crippen molar-refractivity contribution in [3.8, 4) is 0 Å². The summed E-state index contributed by atoms with van der Waals surface area (Å²) in [5.41, 5.74) is 3.47. The highest BCUT2D eigenvalue weighted by atomic mass is 15.1. The normalized spacial score (nSPS) is 19.7. The van der Waals surface area contributed by atoms with Crippen LogP contribution in [0.1, 0.15) is 58.1 Å². The first kappa shape index (κ1) is 16.5. The van der Waals surface area contributed by atoms with Gasteiger partial charge in [-0.15, -0.1) is 0 Å². The Morgan fingerprint density at radius 2 is 1.81 bits per heavy atom. The van der Waals surface area contributed by atoms with Gasteiger partial charge in [-0.05, 0) is 48.9 Å². The molecule has 0 unspecified atom stereocenters. The summed E-state index contributed by atoms with van der Waals surface area (Å²) >= 11 is 0. The van der Waals surface area contributed by atoms with Crippen LogP contribution >= 0.6 is 0 Å². The lowest BCUT2D eigenvalue weighted by atomic mass is 9.85. The average molecular weight is 288 g/mol. The Hall–Kier alpha value is -0.860. The molecule has 1 aromatic carbocycles. The van der Waals surface area contributed by atoms with Gasteiger partial charge >= 0.3 is 0 Å². The fraction of sp³-hybridized carbons (Fsp3) is 0.684. The second-order valence-corrected chi connectivity index (χ2v) is 7.60. The van der Waals surface area contributed by atoms with E-state index < -0.39 is 0 Å². The van der Waals surface area contributed by atoms with E-state index >= 15 is 0 Å². The molecule has 1 aliphatic rings. The molecule has 0 atom stereocenters. The average Bonchev–Trinajstić information content (AvgIpc) is 2.59. The molecule has 2 rings (SSSR count). The molecule has 1 saturated heterocycles. The van der Waals surface area contributed by atoms with Crippen molar-refractivity contribution in [3.05, 3.63) is 35.4 Å². The maximum absolute atomic E-state index is 3.55. The smallest absolute Gasteiger partial charge is 0.0236 e. The van der Waals surface area contributed by atoms with Crippen LogP contribution in [0.2, 0.25) is 0 Å². The fourth-order valence-corrected chi connectivity index (χ4v) is 3.08. The minimum absolute atomic E-state index is 0.521. The lowest BCUT2D eigenvalue weighted by Gasteiger charge is -2.24. The van der Waals surface area contributed by atoms with E-state index in [2.05, 4.69) is 62.2 Å². The van der Waals surface area contributed by atoms with Crippen LogP contribution in [0.15, 0.2) is 24.3 Å². The highest BCUT2D eigenvalue weighted by Gasteiger charge is 2.23. The van der Waals surface area contributed by atoms with Crippen LogP contribution in [-0.4, -0.2) is 24.0 Å². The molecule has 0 saturated carbocycles. The Morgan fingerprint density at radius 3 is 2.52 bits per heavy atom. The molecule has 1 heterocycles.